The molecule has 3 nitrogen and oxygen atoms in total. The average Bonchev–Trinajstić information content (AvgIpc) is 2.22. The molecule has 1 atom stereocenters. The van der Waals surface area contributed by atoms with Crippen molar-refractivity contribution < 1.29 is 9.90 Å². The molecule has 15 heavy (non-hydrogen) atoms. The van der Waals surface area contributed by atoms with Crippen molar-refractivity contribution in [3.8, 4) is 0 Å². The summed E-state index contributed by atoms with van der Waals surface area (Å²) in [6.07, 6.45) is 5.31. The minimum atomic E-state index is -0.402. The van der Waals surface area contributed by atoms with Gasteiger partial charge < -0.3 is 10.8 Å². The molecule has 0 aromatic rings. The second-order valence-electron chi connectivity index (χ2n) is 3.55. The molecule has 0 rings (SSSR count). The zero-order chi connectivity index (χ0) is 11.8. The Morgan fingerprint density at radius 2 is 2.13 bits per heavy atom. The van der Waals surface area contributed by atoms with E-state index < -0.39 is 6.04 Å². The van der Waals surface area contributed by atoms with Crippen LogP contribution in [0, 0.1) is 0 Å². The average molecular weight is 211 g/mol. The molecular formula is C12H21NO2. The number of rotatable bonds is 6. The van der Waals surface area contributed by atoms with E-state index in [9.17, 15) is 4.79 Å². The predicted molar refractivity (Wildman–Crippen MR) is 62.5 cm³/mol. The highest BCUT2D eigenvalue weighted by atomic mass is 16.3. The molecule has 0 unspecified atom stereocenters. The molecule has 0 aliphatic carbocycles. The number of hydrogen-bond donors (Lipinski definition) is 2. The number of hydrogen-bond acceptors (Lipinski definition) is 3. The summed E-state index contributed by atoms with van der Waals surface area (Å²) in [5.41, 5.74) is 7.29. The molecule has 0 aromatic heterocycles. The second-order valence-corrected chi connectivity index (χ2v) is 3.55. The van der Waals surface area contributed by atoms with Crippen LogP contribution in [0.3, 0.4) is 0 Å². The molecule has 0 bridgehead atoms. The first kappa shape index (κ1) is 14.1. The minimum Gasteiger partial charge on any atom is -0.394 e. The normalized spacial score (nSPS) is 15.3. The molecule has 0 spiro atoms. The molecule has 0 aliphatic rings. The minimum absolute atomic E-state index is 0.0707. The van der Waals surface area contributed by atoms with Crippen LogP contribution in [0.5, 0.6) is 0 Å². The van der Waals surface area contributed by atoms with Gasteiger partial charge in [-0.05, 0) is 31.4 Å². The molecule has 3 heteroatoms. The van der Waals surface area contributed by atoms with Crippen molar-refractivity contribution in [2.24, 2.45) is 5.73 Å². The van der Waals surface area contributed by atoms with E-state index >= 15 is 0 Å². The molecule has 3 N–H and O–H groups in total. The Kier molecular flexibility index (Phi) is 6.92. The number of nitrogens with two attached hydrogens (primary N) is 1. The van der Waals surface area contributed by atoms with E-state index in [0.29, 0.717) is 0 Å². The van der Waals surface area contributed by atoms with Gasteiger partial charge in [0.25, 0.3) is 0 Å². The Morgan fingerprint density at radius 3 is 2.47 bits per heavy atom. The van der Waals surface area contributed by atoms with Crippen molar-refractivity contribution in [3.05, 3.63) is 23.3 Å². The van der Waals surface area contributed by atoms with Crippen molar-refractivity contribution in [2.45, 2.75) is 39.7 Å². The van der Waals surface area contributed by atoms with Crippen molar-refractivity contribution in [1.29, 1.82) is 0 Å². The molecule has 0 saturated heterocycles. The van der Waals surface area contributed by atoms with Crippen LogP contribution in [0.1, 0.15) is 33.6 Å². The Bertz CT molecular complexity index is 267. The van der Waals surface area contributed by atoms with E-state index in [1.807, 2.05) is 19.9 Å². The molecule has 0 aliphatic heterocycles. The SMILES string of the molecule is C/C=C(\C=C(/CCC)C(C)=O)[C@H](N)CO. The van der Waals surface area contributed by atoms with E-state index in [4.69, 9.17) is 10.8 Å². The zero-order valence-corrected chi connectivity index (χ0v) is 9.79. The van der Waals surface area contributed by atoms with Gasteiger partial charge in [0.05, 0.1) is 12.6 Å². The number of allylic oxidation sites excluding steroid dienone is 2. The molecular weight excluding hydrogens is 190 g/mol. The van der Waals surface area contributed by atoms with E-state index in [0.717, 1.165) is 24.0 Å². The lowest BCUT2D eigenvalue weighted by atomic mass is 10.00. The highest BCUT2D eigenvalue weighted by Gasteiger charge is 2.08. The molecule has 0 amide bonds. The lowest BCUT2D eigenvalue weighted by molar-refractivity contribution is -0.113. The van der Waals surface area contributed by atoms with E-state index in [1.165, 1.54) is 0 Å². The molecule has 0 aromatic carbocycles. The van der Waals surface area contributed by atoms with Gasteiger partial charge in [0.1, 0.15) is 0 Å². The van der Waals surface area contributed by atoms with Crippen LogP contribution < -0.4 is 5.73 Å². The maximum atomic E-state index is 11.3. The standard InChI is InChI=1S/C12H21NO2/c1-4-6-11(9(3)15)7-10(5-2)12(13)8-14/h5,7,12,14H,4,6,8,13H2,1-3H3/b10-5+,11-7+/t12-/m1/s1. The van der Waals surface area contributed by atoms with Gasteiger partial charge in [-0.1, -0.05) is 25.5 Å². The first-order valence-electron chi connectivity index (χ1n) is 5.30. The van der Waals surface area contributed by atoms with Gasteiger partial charge in [-0.3, -0.25) is 4.79 Å². The van der Waals surface area contributed by atoms with Crippen LogP contribution in [0.25, 0.3) is 0 Å². The van der Waals surface area contributed by atoms with Crippen LogP contribution >= 0.6 is 0 Å². The van der Waals surface area contributed by atoms with E-state index in [1.54, 1.807) is 13.0 Å². The maximum absolute atomic E-state index is 11.3. The highest BCUT2D eigenvalue weighted by molar-refractivity contribution is 5.93. The summed E-state index contributed by atoms with van der Waals surface area (Å²) in [6, 6.07) is -0.402. The third-order valence-corrected chi connectivity index (χ3v) is 2.27. The quantitative estimate of drug-likeness (QED) is 0.518. The molecule has 0 saturated carbocycles. The third kappa shape index (κ3) is 4.91. The van der Waals surface area contributed by atoms with Crippen molar-refractivity contribution in [3.63, 3.8) is 0 Å². The smallest absolute Gasteiger partial charge is 0.155 e. The summed E-state index contributed by atoms with van der Waals surface area (Å²) in [5.74, 6) is 0.0707. The van der Waals surface area contributed by atoms with Gasteiger partial charge in [0.15, 0.2) is 5.78 Å². The summed E-state index contributed by atoms with van der Waals surface area (Å²) >= 11 is 0. The number of aliphatic hydroxyl groups excluding tert-OH is 1. The molecule has 86 valence electrons. The van der Waals surface area contributed by atoms with Crippen LogP contribution in [-0.2, 0) is 4.79 Å². The van der Waals surface area contributed by atoms with Gasteiger partial charge in [-0.25, -0.2) is 0 Å². The first-order valence-corrected chi connectivity index (χ1v) is 5.30. The monoisotopic (exact) mass is 211 g/mol. The van der Waals surface area contributed by atoms with Gasteiger partial charge >= 0.3 is 0 Å². The lowest BCUT2D eigenvalue weighted by Crippen LogP contribution is -2.26. The molecule has 0 radical (unpaired) electrons. The van der Waals surface area contributed by atoms with E-state index in [2.05, 4.69) is 0 Å². The number of ketones is 1. The van der Waals surface area contributed by atoms with Crippen molar-refractivity contribution in [1.82, 2.24) is 0 Å². The van der Waals surface area contributed by atoms with Crippen LogP contribution in [0.2, 0.25) is 0 Å². The fraction of sp³-hybridized carbons (Fsp3) is 0.583. The molecule has 0 fully saturated rings. The highest BCUT2D eigenvalue weighted by Crippen LogP contribution is 2.12. The maximum Gasteiger partial charge on any atom is 0.155 e. The fourth-order valence-corrected chi connectivity index (χ4v) is 1.33. The van der Waals surface area contributed by atoms with Crippen LogP contribution in [-0.4, -0.2) is 23.5 Å². The Balaban J connectivity index is 4.85. The number of carbonyl (C=O) groups is 1. The van der Waals surface area contributed by atoms with E-state index in [-0.39, 0.29) is 12.4 Å². The van der Waals surface area contributed by atoms with Gasteiger partial charge in [-0.15, -0.1) is 0 Å². The van der Waals surface area contributed by atoms with Crippen LogP contribution in [0.4, 0.5) is 0 Å². The van der Waals surface area contributed by atoms with Gasteiger partial charge in [0.2, 0.25) is 0 Å². The number of carbonyl (C=O) groups excluding carboxylic acids is 1. The second kappa shape index (κ2) is 7.37. The van der Waals surface area contributed by atoms with Gasteiger partial charge in [-0.2, -0.15) is 0 Å². The Hall–Kier alpha value is -0.930. The summed E-state index contributed by atoms with van der Waals surface area (Å²) in [4.78, 5) is 11.3. The number of Topliss-reactive ketones (excluding diaryl/α,β-unsaturated/α-hetero) is 1. The van der Waals surface area contributed by atoms with Crippen molar-refractivity contribution >= 4 is 5.78 Å². The predicted octanol–water partition coefficient (Wildman–Crippen LogP) is 1.57. The molecule has 0 heterocycles. The van der Waals surface area contributed by atoms with Crippen molar-refractivity contribution in [2.75, 3.05) is 6.61 Å². The zero-order valence-electron chi connectivity index (χ0n) is 9.79. The Morgan fingerprint density at radius 1 is 1.53 bits per heavy atom. The summed E-state index contributed by atoms with van der Waals surface area (Å²) in [5, 5.41) is 8.94. The van der Waals surface area contributed by atoms with Crippen LogP contribution in [0.15, 0.2) is 23.3 Å². The number of aliphatic hydroxyl groups is 1. The Labute approximate surface area is 91.7 Å². The largest absolute Gasteiger partial charge is 0.394 e. The third-order valence-electron chi connectivity index (χ3n) is 2.27. The first-order chi connectivity index (χ1) is 7.06. The fourth-order valence-electron chi connectivity index (χ4n) is 1.33. The lowest BCUT2D eigenvalue weighted by Gasteiger charge is -2.11. The van der Waals surface area contributed by atoms with Gasteiger partial charge in [0, 0.05) is 0 Å². The topological polar surface area (TPSA) is 63.3 Å². The summed E-state index contributed by atoms with van der Waals surface area (Å²) < 4.78 is 0. The summed E-state index contributed by atoms with van der Waals surface area (Å²) in [6.45, 7) is 5.33. The summed E-state index contributed by atoms with van der Waals surface area (Å²) in [7, 11) is 0.